The van der Waals surface area contributed by atoms with Gasteiger partial charge in [-0.2, -0.15) is 18.3 Å². The number of rotatable bonds is 5. The Morgan fingerprint density at radius 1 is 1.31 bits per heavy atom. The van der Waals surface area contributed by atoms with Crippen LogP contribution in [0.3, 0.4) is 0 Å². The van der Waals surface area contributed by atoms with Crippen molar-refractivity contribution in [3.8, 4) is 12.3 Å². The number of nitrogens with zero attached hydrogens (tertiary/aromatic N) is 3. The van der Waals surface area contributed by atoms with E-state index in [0.29, 0.717) is 0 Å². The molecule has 0 unspecified atom stereocenters. The lowest BCUT2D eigenvalue weighted by Gasteiger charge is -2.09. The number of aromatic nitrogens is 3. The van der Waals surface area contributed by atoms with Crippen LogP contribution >= 0.6 is 11.8 Å². The molecular weight excluding hydrogens is 363 g/mol. The van der Waals surface area contributed by atoms with E-state index in [1.165, 1.54) is 6.21 Å². The second-order valence-electron chi connectivity index (χ2n) is 5.07. The summed E-state index contributed by atoms with van der Waals surface area (Å²) in [5.74, 6) is 2.41. The fraction of sp³-hybridized carbons (Fsp3) is 0.118. The second-order valence-corrected chi connectivity index (χ2v) is 6.01. The first-order chi connectivity index (χ1) is 12.5. The third-order valence-electron chi connectivity index (χ3n) is 3.29. The number of benzene rings is 1. The van der Waals surface area contributed by atoms with Gasteiger partial charge in [-0.3, -0.25) is 5.43 Å². The fourth-order valence-corrected chi connectivity index (χ4v) is 2.71. The smallest absolute Gasteiger partial charge is 0.359 e. The van der Waals surface area contributed by atoms with E-state index in [-0.39, 0.29) is 16.7 Å². The Labute approximate surface area is 151 Å². The maximum atomic E-state index is 13.0. The van der Waals surface area contributed by atoms with E-state index in [2.05, 4.69) is 31.4 Å². The number of anilines is 1. The molecule has 2 N–H and O–H groups in total. The molecule has 0 aliphatic heterocycles. The molecule has 0 bridgehead atoms. The molecule has 3 rings (SSSR count). The maximum Gasteiger partial charge on any atom is 0.433 e. The number of nitrogens with one attached hydrogen (secondary N) is 2. The van der Waals surface area contributed by atoms with Crippen LogP contribution in [0, 0.1) is 12.3 Å². The Kier molecular flexibility index (Phi) is 5.14. The summed E-state index contributed by atoms with van der Waals surface area (Å²) >= 11 is 0.942. The number of hydrogen-bond donors (Lipinski definition) is 2. The number of thioether (sulfide) groups is 1. The van der Waals surface area contributed by atoms with Gasteiger partial charge in [0, 0.05) is 17.6 Å². The molecule has 0 aliphatic rings. The lowest BCUT2D eigenvalue weighted by atomic mass is 10.2. The summed E-state index contributed by atoms with van der Waals surface area (Å²) in [6.07, 6.45) is 3.83. The zero-order valence-electron chi connectivity index (χ0n) is 13.2. The van der Waals surface area contributed by atoms with Crippen molar-refractivity contribution in [1.82, 2.24) is 15.0 Å². The van der Waals surface area contributed by atoms with Crippen LogP contribution in [0.25, 0.3) is 10.8 Å². The van der Waals surface area contributed by atoms with Gasteiger partial charge in [-0.25, -0.2) is 9.97 Å². The van der Waals surface area contributed by atoms with Gasteiger partial charge in [0.15, 0.2) is 16.7 Å². The van der Waals surface area contributed by atoms with E-state index < -0.39 is 11.9 Å². The van der Waals surface area contributed by atoms with Crippen LogP contribution in [0.4, 0.5) is 19.0 Å². The molecule has 2 aromatic heterocycles. The van der Waals surface area contributed by atoms with Crippen LogP contribution in [0.1, 0.15) is 11.4 Å². The second kappa shape index (κ2) is 7.49. The van der Waals surface area contributed by atoms with Gasteiger partial charge in [0.05, 0.1) is 17.7 Å². The summed E-state index contributed by atoms with van der Waals surface area (Å²) in [6.45, 7) is 0. The molecule has 2 heterocycles. The molecule has 3 aromatic rings. The zero-order valence-corrected chi connectivity index (χ0v) is 14.0. The minimum atomic E-state index is -4.59. The topological polar surface area (TPSA) is 66.0 Å². The minimum absolute atomic E-state index is 0.0687. The van der Waals surface area contributed by atoms with Gasteiger partial charge in [-0.1, -0.05) is 41.9 Å². The molecule has 0 aliphatic carbocycles. The highest BCUT2D eigenvalue weighted by Crippen LogP contribution is 2.30. The number of H-pyrrole nitrogens is 1. The van der Waals surface area contributed by atoms with Crippen molar-refractivity contribution in [2.24, 2.45) is 5.10 Å². The van der Waals surface area contributed by atoms with Crippen molar-refractivity contribution >= 4 is 34.6 Å². The molecule has 0 saturated heterocycles. The van der Waals surface area contributed by atoms with E-state index in [1.54, 1.807) is 0 Å². The average Bonchev–Trinajstić information content (AvgIpc) is 3.02. The molecule has 0 spiro atoms. The van der Waals surface area contributed by atoms with Crippen LogP contribution in [-0.4, -0.2) is 26.9 Å². The van der Waals surface area contributed by atoms with Crippen molar-refractivity contribution in [2.45, 2.75) is 11.3 Å². The molecule has 0 atom stereocenters. The first kappa shape index (κ1) is 17.8. The van der Waals surface area contributed by atoms with E-state index in [1.807, 2.05) is 30.5 Å². The first-order valence-electron chi connectivity index (χ1n) is 7.35. The molecule has 5 nitrogen and oxygen atoms in total. The van der Waals surface area contributed by atoms with Crippen LogP contribution in [0.15, 0.2) is 46.8 Å². The van der Waals surface area contributed by atoms with Gasteiger partial charge in [-0.05, 0) is 5.39 Å². The third-order valence-corrected chi connectivity index (χ3v) is 4.04. The summed E-state index contributed by atoms with van der Waals surface area (Å²) < 4.78 is 38.9. The Bertz CT molecular complexity index is 988. The quantitative estimate of drug-likeness (QED) is 0.231. The van der Waals surface area contributed by atoms with Crippen molar-refractivity contribution in [1.29, 1.82) is 0 Å². The fourth-order valence-electron chi connectivity index (χ4n) is 2.17. The third kappa shape index (κ3) is 4.15. The summed E-state index contributed by atoms with van der Waals surface area (Å²) in [5, 5.41) is 5.85. The predicted octanol–water partition coefficient (Wildman–Crippen LogP) is 4.15. The Balaban J connectivity index is 1.83. The largest absolute Gasteiger partial charge is 0.433 e. The number of hydrazone groups is 1. The van der Waals surface area contributed by atoms with Crippen LogP contribution in [-0.2, 0) is 6.18 Å². The molecule has 26 heavy (non-hydrogen) atoms. The van der Waals surface area contributed by atoms with Crippen molar-refractivity contribution in [2.75, 3.05) is 11.2 Å². The summed E-state index contributed by atoms with van der Waals surface area (Å²) in [4.78, 5) is 10.5. The van der Waals surface area contributed by atoms with Crippen molar-refractivity contribution in [3.05, 3.63) is 47.9 Å². The van der Waals surface area contributed by atoms with Crippen molar-refractivity contribution in [3.63, 3.8) is 0 Å². The lowest BCUT2D eigenvalue weighted by molar-refractivity contribution is -0.141. The predicted molar refractivity (Wildman–Crippen MR) is 96.1 cm³/mol. The number of fused-ring (bicyclic) bond motifs is 1. The number of hydrogen-bond acceptors (Lipinski definition) is 5. The van der Waals surface area contributed by atoms with E-state index in [0.717, 1.165) is 34.3 Å². The first-order valence-corrected chi connectivity index (χ1v) is 8.33. The van der Waals surface area contributed by atoms with Gasteiger partial charge in [0.25, 0.3) is 0 Å². The molecule has 132 valence electrons. The molecule has 0 fully saturated rings. The van der Waals surface area contributed by atoms with Crippen LogP contribution in [0.5, 0.6) is 0 Å². The number of aromatic amines is 1. The highest BCUT2D eigenvalue weighted by atomic mass is 32.2. The molecule has 1 aromatic carbocycles. The summed E-state index contributed by atoms with van der Waals surface area (Å²) in [5.41, 5.74) is 2.17. The van der Waals surface area contributed by atoms with Crippen LogP contribution < -0.4 is 5.43 Å². The van der Waals surface area contributed by atoms with Crippen molar-refractivity contribution < 1.29 is 13.2 Å². The normalized spacial score (nSPS) is 11.8. The summed E-state index contributed by atoms with van der Waals surface area (Å²) in [6, 6.07) is 8.43. The molecule has 9 heteroatoms. The summed E-state index contributed by atoms with van der Waals surface area (Å²) in [7, 11) is 0. The van der Waals surface area contributed by atoms with Gasteiger partial charge in [0.1, 0.15) is 0 Å². The minimum Gasteiger partial charge on any atom is -0.359 e. The SMILES string of the molecule is C#CCSc1nc(NN=Cc2[nH]cc3ccccc23)cc(C(F)(F)F)n1. The van der Waals surface area contributed by atoms with Gasteiger partial charge < -0.3 is 4.98 Å². The van der Waals surface area contributed by atoms with E-state index in [9.17, 15) is 13.2 Å². The Hall–Kier alpha value is -2.99. The molecular formula is C17H12F3N5S. The van der Waals surface area contributed by atoms with E-state index in [4.69, 9.17) is 6.42 Å². The maximum absolute atomic E-state index is 13.0. The van der Waals surface area contributed by atoms with Gasteiger partial charge in [0.2, 0.25) is 0 Å². The lowest BCUT2D eigenvalue weighted by Crippen LogP contribution is -2.10. The Morgan fingerprint density at radius 2 is 2.12 bits per heavy atom. The standard InChI is InChI=1S/C17H12F3N5S/c1-2-7-26-16-23-14(17(18,19)20)8-15(24-16)25-22-10-13-12-6-4-3-5-11(12)9-21-13/h1,3-6,8-10,21H,7H2,(H,23,24,25). The highest BCUT2D eigenvalue weighted by Gasteiger charge is 2.33. The van der Waals surface area contributed by atoms with E-state index >= 15 is 0 Å². The number of terminal acetylenes is 1. The van der Waals surface area contributed by atoms with Gasteiger partial charge in [-0.15, -0.1) is 6.42 Å². The number of alkyl halides is 3. The molecule has 0 radical (unpaired) electrons. The van der Waals surface area contributed by atoms with Gasteiger partial charge >= 0.3 is 6.18 Å². The highest BCUT2D eigenvalue weighted by molar-refractivity contribution is 7.99. The zero-order chi connectivity index (χ0) is 18.6. The molecule has 0 amide bonds. The average molecular weight is 375 g/mol. The van der Waals surface area contributed by atoms with Crippen LogP contribution in [0.2, 0.25) is 0 Å². The number of halogens is 3. The molecule has 0 saturated carbocycles. The Morgan fingerprint density at radius 3 is 2.88 bits per heavy atom. The monoisotopic (exact) mass is 375 g/mol.